The van der Waals surface area contributed by atoms with Gasteiger partial charge in [-0.1, -0.05) is 0 Å². The minimum absolute atomic E-state index is 0.925. The fourth-order valence-corrected chi connectivity index (χ4v) is 1.15. The number of nitrogens with two attached hydrogens (primary N) is 1. The summed E-state index contributed by atoms with van der Waals surface area (Å²) in [5.41, 5.74) is 5.17. The van der Waals surface area contributed by atoms with Crippen LogP contribution < -0.4 is 5.73 Å². The zero-order valence-electron chi connectivity index (χ0n) is 6.74. The van der Waals surface area contributed by atoms with Crippen LogP contribution in [-0.4, -0.2) is 62.5 Å². The van der Waals surface area contributed by atoms with Gasteiger partial charge in [0.1, 0.15) is 24.5 Å². The second-order valence-corrected chi connectivity index (χ2v) is 3.01. The molecule has 7 N–H and O–H groups in total. The van der Waals surface area contributed by atoms with Crippen molar-refractivity contribution in [1.29, 1.82) is 0 Å². The normalized spacial score (nSPS) is 52.2. The zero-order valence-corrected chi connectivity index (χ0v) is 6.74. The van der Waals surface area contributed by atoms with Gasteiger partial charge in [-0.2, -0.15) is 0 Å². The van der Waals surface area contributed by atoms with Crippen molar-refractivity contribution in [3.8, 4) is 0 Å². The van der Waals surface area contributed by atoms with Crippen molar-refractivity contribution in [2.24, 2.45) is 5.73 Å². The van der Waals surface area contributed by atoms with Crippen LogP contribution in [0.3, 0.4) is 0 Å². The molecule has 1 saturated heterocycles. The average Bonchev–Trinajstić information content (AvgIpc) is 2.12. The molecule has 0 bridgehead atoms. The molecule has 0 aromatic heterocycles. The summed E-state index contributed by atoms with van der Waals surface area (Å²) in [6, 6.07) is 0. The average molecular weight is 195 g/mol. The van der Waals surface area contributed by atoms with Gasteiger partial charge in [0.05, 0.1) is 6.61 Å². The fourth-order valence-electron chi connectivity index (χ4n) is 1.15. The van der Waals surface area contributed by atoms with Crippen molar-refractivity contribution < 1.29 is 30.3 Å². The molecule has 78 valence electrons. The topological polar surface area (TPSA) is 136 Å². The summed E-state index contributed by atoms with van der Waals surface area (Å²) in [7, 11) is 0. The Hall–Kier alpha value is -0.280. The number of ether oxygens (including phenoxy) is 1. The summed E-state index contributed by atoms with van der Waals surface area (Å²) in [6.45, 7) is -0.925. The lowest BCUT2D eigenvalue weighted by atomic mass is 9.96. The first-order chi connectivity index (χ1) is 5.92. The van der Waals surface area contributed by atoms with Gasteiger partial charge in [-0.15, -0.1) is 0 Å². The third kappa shape index (κ3) is 1.67. The van der Waals surface area contributed by atoms with Gasteiger partial charge in [0.15, 0.2) is 0 Å². The van der Waals surface area contributed by atoms with E-state index < -0.39 is 36.9 Å². The van der Waals surface area contributed by atoms with Crippen LogP contribution in [0.4, 0.5) is 0 Å². The molecule has 13 heavy (non-hydrogen) atoms. The molecule has 1 heterocycles. The molecule has 1 fully saturated rings. The molecule has 0 aliphatic carbocycles. The lowest BCUT2D eigenvalue weighted by Gasteiger charge is -2.43. The Labute approximate surface area is 74.0 Å². The number of rotatable bonds is 1. The highest BCUT2D eigenvalue weighted by Gasteiger charge is 2.51. The number of aliphatic hydroxyl groups excluding tert-OH is 4. The summed E-state index contributed by atoms with van der Waals surface area (Å²) in [5, 5.41) is 45.4. The van der Waals surface area contributed by atoms with Crippen LogP contribution in [0.15, 0.2) is 0 Å². The first kappa shape index (κ1) is 10.8. The van der Waals surface area contributed by atoms with Gasteiger partial charge in [-0.05, 0) is 0 Å². The molecule has 0 amide bonds. The quantitative estimate of drug-likeness (QED) is 0.251. The largest absolute Gasteiger partial charge is 0.391 e. The third-order valence-corrected chi connectivity index (χ3v) is 2.04. The highest BCUT2D eigenvalue weighted by Crippen LogP contribution is 2.25. The second kappa shape index (κ2) is 3.46. The fraction of sp³-hybridized carbons (Fsp3) is 1.00. The standard InChI is InChI=1S/C6H13NO6/c7-5-3(10)2(9)4(11)6(12,1-8)13-5/h2-5,8-12H,1,7H2/t2-,3+,4+,5?,6+/m1/s1. The summed E-state index contributed by atoms with van der Waals surface area (Å²) < 4.78 is 4.54. The maximum absolute atomic E-state index is 9.33. The third-order valence-electron chi connectivity index (χ3n) is 2.04. The smallest absolute Gasteiger partial charge is 0.220 e. The Balaban J connectivity index is 2.82. The molecule has 7 heteroatoms. The summed E-state index contributed by atoms with van der Waals surface area (Å²) in [4.78, 5) is 0. The minimum atomic E-state index is -2.32. The van der Waals surface area contributed by atoms with Crippen molar-refractivity contribution in [3.05, 3.63) is 0 Å². The van der Waals surface area contributed by atoms with E-state index in [1.54, 1.807) is 0 Å². The van der Waals surface area contributed by atoms with Crippen molar-refractivity contribution in [3.63, 3.8) is 0 Å². The molecule has 0 spiro atoms. The molecule has 1 aliphatic heterocycles. The molecule has 1 aliphatic rings. The highest BCUT2D eigenvalue weighted by atomic mass is 16.7. The molecule has 0 saturated carbocycles. The maximum atomic E-state index is 9.33. The van der Waals surface area contributed by atoms with Crippen LogP contribution >= 0.6 is 0 Å². The number of hydrogen-bond donors (Lipinski definition) is 6. The van der Waals surface area contributed by atoms with E-state index in [-0.39, 0.29) is 0 Å². The van der Waals surface area contributed by atoms with Crippen molar-refractivity contribution >= 4 is 0 Å². The monoisotopic (exact) mass is 195 g/mol. The highest BCUT2D eigenvalue weighted by molar-refractivity contribution is 4.93. The van der Waals surface area contributed by atoms with Gasteiger partial charge in [0.25, 0.3) is 0 Å². The van der Waals surface area contributed by atoms with Crippen molar-refractivity contribution in [2.45, 2.75) is 30.3 Å². The summed E-state index contributed by atoms with van der Waals surface area (Å²) in [6.07, 6.45) is -6.30. The molecular weight excluding hydrogens is 182 g/mol. The molecule has 0 aromatic rings. The van der Waals surface area contributed by atoms with E-state index in [2.05, 4.69) is 4.74 Å². The van der Waals surface area contributed by atoms with Gasteiger partial charge in [-0.3, -0.25) is 0 Å². The molecule has 7 nitrogen and oxygen atoms in total. The Bertz CT molecular complexity index is 190. The predicted molar refractivity (Wildman–Crippen MR) is 39.1 cm³/mol. The summed E-state index contributed by atoms with van der Waals surface area (Å²) >= 11 is 0. The molecule has 0 aromatic carbocycles. The van der Waals surface area contributed by atoms with Gasteiger partial charge < -0.3 is 36.0 Å². The first-order valence-electron chi connectivity index (χ1n) is 3.73. The van der Waals surface area contributed by atoms with Crippen LogP contribution in [0, 0.1) is 0 Å². The van der Waals surface area contributed by atoms with Crippen LogP contribution in [0.1, 0.15) is 0 Å². The first-order valence-corrected chi connectivity index (χ1v) is 3.73. The second-order valence-electron chi connectivity index (χ2n) is 3.01. The molecule has 1 rings (SSSR count). The lowest BCUT2D eigenvalue weighted by molar-refractivity contribution is -0.353. The molecule has 5 atom stereocenters. The molecule has 1 unspecified atom stereocenters. The van der Waals surface area contributed by atoms with E-state index in [0.717, 1.165) is 0 Å². The van der Waals surface area contributed by atoms with Crippen molar-refractivity contribution in [1.82, 2.24) is 0 Å². The SMILES string of the molecule is NC1O[C@@](O)(CO)[C@@H](O)[C@H](O)[C@@H]1O. The van der Waals surface area contributed by atoms with Gasteiger partial charge in [0, 0.05) is 0 Å². The van der Waals surface area contributed by atoms with E-state index in [9.17, 15) is 10.2 Å². The Morgan fingerprint density at radius 2 is 1.77 bits per heavy atom. The van der Waals surface area contributed by atoms with E-state index in [1.165, 1.54) is 0 Å². The van der Waals surface area contributed by atoms with Crippen LogP contribution in [0.2, 0.25) is 0 Å². The van der Waals surface area contributed by atoms with Crippen LogP contribution in [0.25, 0.3) is 0 Å². The van der Waals surface area contributed by atoms with E-state index in [0.29, 0.717) is 0 Å². The van der Waals surface area contributed by atoms with E-state index in [4.69, 9.17) is 21.1 Å². The summed E-state index contributed by atoms with van der Waals surface area (Å²) in [5.74, 6) is -2.32. The van der Waals surface area contributed by atoms with Gasteiger partial charge in [0.2, 0.25) is 5.79 Å². The van der Waals surface area contributed by atoms with Crippen molar-refractivity contribution in [2.75, 3.05) is 6.61 Å². The Morgan fingerprint density at radius 3 is 2.23 bits per heavy atom. The van der Waals surface area contributed by atoms with Crippen LogP contribution in [0.5, 0.6) is 0 Å². The van der Waals surface area contributed by atoms with Gasteiger partial charge >= 0.3 is 0 Å². The number of hydrogen-bond acceptors (Lipinski definition) is 7. The van der Waals surface area contributed by atoms with E-state index in [1.807, 2.05) is 0 Å². The van der Waals surface area contributed by atoms with Crippen LogP contribution in [-0.2, 0) is 4.74 Å². The predicted octanol–water partition coefficient (Wildman–Crippen LogP) is -3.94. The van der Waals surface area contributed by atoms with E-state index >= 15 is 0 Å². The molecule has 0 radical (unpaired) electrons. The lowest BCUT2D eigenvalue weighted by Crippen LogP contribution is -2.67. The number of aliphatic hydroxyl groups is 5. The zero-order chi connectivity index (χ0) is 10.2. The molecular formula is C6H13NO6. The van der Waals surface area contributed by atoms with Gasteiger partial charge in [-0.25, -0.2) is 0 Å². The Morgan fingerprint density at radius 1 is 1.23 bits per heavy atom. The maximum Gasteiger partial charge on any atom is 0.220 e. The minimum Gasteiger partial charge on any atom is -0.391 e. The Kier molecular flexibility index (Phi) is 2.88.